The van der Waals surface area contributed by atoms with E-state index in [1.165, 1.54) is 22.8 Å². The van der Waals surface area contributed by atoms with Crippen LogP contribution in [0.1, 0.15) is 19.4 Å². The summed E-state index contributed by atoms with van der Waals surface area (Å²) in [5.41, 5.74) is 6.74. The number of rotatable bonds is 3. The highest BCUT2D eigenvalue weighted by Gasteiger charge is 2.20. The van der Waals surface area contributed by atoms with Crippen LogP contribution >= 0.6 is 0 Å². The van der Waals surface area contributed by atoms with Crippen LogP contribution in [0.3, 0.4) is 0 Å². The summed E-state index contributed by atoms with van der Waals surface area (Å²) < 4.78 is 0. The summed E-state index contributed by atoms with van der Waals surface area (Å²) >= 11 is 0. The molecule has 23 heavy (non-hydrogen) atoms. The Morgan fingerprint density at radius 3 is 2.91 bits per heavy atom. The first kappa shape index (κ1) is 15.1. The van der Waals surface area contributed by atoms with E-state index in [1.807, 2.05) is 18.2 Å². The molecule has 1 heterocycles. The molecule has 2 N–H and O–H groups in total. The number of allylic oxidation sites excluding steroid dienone is 4. The number of hydrogen-bond donors (Lipinski definition) is 2. The van der Waals surface area contributed by atoms with Gasteiger partial charge in [0.05, 0.1) is 6.04 Å². The van der Waals surface area contributed by atoms with Crippen LogP contribution in [0.15, 0.2) is 78.1 Å². The van der Waals surface area contributed by atoms with Gasteiger partial charge in [-0.3, -0.25) is 4.79 Å². The number of hydrogen-bond acceptors (Lipinski definition) is 2. The fraction of sp³-hybridized carbons (Fsp3) is 0.150. The van der Waals surface area contributed by atoms with Gasteiger partial charge in [0.25, 0.3) is 0 Å². The van der Waals surface area contributed by atoms with Gasteiger partial charge in [-0.1, -0.05) is 36.4 Å². The monoisotopic (exact) mass is 304 g/mol. The van der Waals surface area contributed by atoms with Gasteiger partial charge >= 0.3 is 0 Å². The molecule has 0 saturated heterocycles. The zero-order valence-electron chi connectivity index (χ0n) is 13.4. The van der Waals surface area contributed by atoms with Crippen molar-refractivity contribution in [3.63, 3.8) is 0 Å². The molecule has 116 valence electrons. The molecule has 1 aromatic rings. The Morgan fingerprint density at radius 2 is 2.13 bits per heavy atom. The average molecular weight is 304 g/mol. The molecular weight excluding hydrogens is 284 g/mol. The van der Waals surface area contributed by atoms with Gasteiger partial charge in [-0.05, 0) is 60.4 Å². The van der Waals surface area contributed by atoms with Crippen LogP contribution < -0.4 is 10.6 Å². The molecule has 3 heteroatoms. The largest absolute Gasteiger partial charge is 0.380 e. The van der Waals surface area contributed by atoms with Crippen LogP contribution in [0.5, 0.6) is 0 Å². The number of carbonyl (C=O) groups is 1. The smallest absolute Gasteiger partial charge is 0.247 e. The van der Waals surface area contributed by atoms with E-state index < -0.39 is 0 Å². The van der Waals surface area contributed by atoms with Gasteiger partial charge in [0, 0.05) is 11.9 Å². The number of amides is 1. The summed E-state index contributed by atoms with van der Waals surface area (Å²) in [4.78, 5) is 11.5. The maximum atomic E-state index is 11.5. The van der Waals surface area contributed by atoms with E-state index in [4.69, 9.17) is 0 Å². The maximum Gasteiger partial charge on any atom is 0.247 e. The Morgan fingerprint density at radius 1 is 1.30 bits per heavy atom. The molecule has 3 nitrogen and oxygen atoms in total. The summed E-state index contributed by atoms with van der Waals surface area (Å²) in [7, 11) is 0. The Labute approximate surface area is 136 Å². The van der Waals surface area contributed by atoms with Crippen molar-refractivity contribution in [3.05, 3.63) is 83.6 Å². The van der Waals surface area contributed by atoms with E-state index in [9.17, 15) is 4.79 Å². The van der Waals surface area contributed by atoms with E-state index in [-0.39, 0.29) is 11.9 Å². The molecule has 2 aliphatic rings. The van der Waals surface area contributed by atoms with Gasteiger partial charge in [-0.15, -0.1) is 0 Å². The molecule has 1 aliphatic heterocycles. The first-order valence-electron chi connectivity index (χ1n) is 7.65. The number of nitrogens with one attached hydrogen (secondary N) is 2. The zero-order valence-corrected chi connectivity index (χ0v) is 13.4. The summed E-state index contributed by atoms with van der Waals surface area (Å²) in [5, 5.41) is 6.20. The molecule has 0 spiro atoms. The maximum absolute atomic E-state index is 11.5. The molecule has 0 fully saturated rings. The number of benzene rings is 1. The highest BCUT2D eigenvalue weighted by atomic mass is 16.1. The lowest BCUT2D eigenvalue weighted by Gasteiger charge is -2.10. The number of anilines is 1. The molecule has 0 bridgehead atoms. The predicted octanol–water partition coefficient (Wildman–Crippen LogP) is 3.96. The standard InChI is InChI=1S/C20H20N2O/c1-4-20(23)22-17-7-5-6-15(10-17)16-8-13(2)9-19-18(11-16)14(3)12-21-19/h4-12,19,21H,1H2,2-3H3,(H,22,23). The van der Waals surface area contributed by atoms with Crippen LogP contribution in [-0.2, 0) is 4.79 Å². The fourth-order valence-corrected chi connectivity index (χ4v) is 2.88. The minimum atomic E-state index is -0.203. The van der Waals surface area contributed by atoms with Crippen LogP contribution in [0.2, 0.25) is 0 Å². The van der Waals surface area contributed by atoms with Crippen molar-refractivity contribution in [2.75, 3.05) is 5.32 Å². The first-order chi connectivity index (χ1) is 11.1. The summed E-state index contributed by atoms with van der Waals surface area (Å²) in [6.07, 6.45) is 9.96. The van der Waals surface area contributed by atoms with Crippen LogP contribution in [0.4, 0.5) is 5.69 Å². The topological polar surface area (TPSA) is 41.1 Å². The van der Waals surface area contributed by atoms with E-state index in [0.717, 1.165) is 16.8 Å². The second kappa shape index (κ2) is 6.13. The zero-order chi connectivity index (χ0) is 16.4. The molecule has 0 saturated carbocycles. The highest BCUT2D eigenvalue weighted by Crippen LogP contribution is 2.31. The molecule has 0 radical (unpaired) electrons. The summed E-state index contributed by atoms with van der Waals surface area (Å²) in [5.74, 6) is -0.203. The average Bonchev–Trinajstić information content (AvgIpc) is 2.78. The summed E-state index contributed by atoms with van der Waals surface area (Å²) in [6.45, 7) is 7.71. The lowest BCUT2D eigenvalue weighted by atomic mass is 9.98. The number of fused-ring (bicyclic) bond motifs is 1. The van der Waals surface area contributed by atoms with Gasteiger partial charge in [0.2, 0.25) is 5.91 Å². The van der Waals surface area contributed by atoms with E-state index in [0.29, 0.717) is 0 Å². The first-order valence-corrected chi connectivity index (χ1v) is 7.65. The lowest BCUT2D eigenvalue weighted by molar-refractivity contribution is -0.111. The van der Waals surface area contributed by atoms with E-state index in [1.54, 1.807) is 0 Å². The van der Waals surface area contributed by atoms with E-state index >= 15 is 0 Å². The Bertz CT molecular complexity index is 794. The van der Waals surface area contributed by atoms with Crippen molar-refractivity contribution in [1.82, 2.24) is 5.32 Å². The molecule has 0 aromatic heterocycles. The summed E-state index contributed by atoms with van der Waals surface area (Å²) in [6, 6.07) is 8.11. The van der Waals surface area contributed by atoms with Crippen LogP contribution in [0.25, 0.3) is 5.57 Å². The van der Waals surface area contributed by atoms with Crippen LogP contribution in [-0.4, -0.2) is 11.9 Å². The molecule has 1 aliphatic carbocycles. The third kappa shape index (κ3) is 3.19. The molecule has 1 amide bonds. The van der Waals surface area contributed by atoms with Crippen molar-refractivity contribution in [2.24, 2.45) is 0 Å². The fourth-order valence-electron chi connectivity index (χ4n) is 2.88. The normalized spacial score (nSPS) is 19.3. The Balaban J connectivity index is 1.99. The minimum absolute atomic E-state index is 0.203. The molecule has 1 aromatic carbocycles. The molecular formula is C20H20N2O. The lowest BCUT2D eigenvalue weighted by Crippen LogP contribution is -2.18. The second-order valence-electron chi connectivity index (χ2n) is 5.86. The van der Waals surface area contributed by atoms with Gasteiger partial charge < -0.3 is 10.6 Å². The van der Waals surface area contributed by atoms with Crippen LogP contribution in [0, 0.1) is 0 Å². The molecule has 1 atom stereocenters. The SMILES string of the molecule is C=CC(=O)Nc1cccc(C2=CC(C)=CC3NC=C(C)C3=C2)c1. The predicted molar refractivity (Wildman–Crippen MR) is 95.8 cm³/mol. The van der Waals surface area contributed by atoms with Crippen molar-refractivity contribution in [3.8, 4) is 0 Å². The molecule has 1 unspecified atom stereocenters. The van der Waals surface area contributed by atoms with E-state index in [2.05, 4.69) is 61.6 Å². The van der Waals surface area contributed by atoms with Gasteiger partial charge in [0.15, 0.2) is 0 Å². The Kier molecular flexibility index (Phi) is 4.02. The quantitative estimate of drug-likeness (QED) is 0.830. The van der Waals surface area contributed by atoms with Crippen molar-refractivity contribution < 1.29 is 4.79 Å². The molecule has 3 rings (SSSR count). The third-order valence-corrected chi connectivity index (χ3v) is 4.04. The van der Waals surface area contributed by atoms with Gasteiger partial charge in [0.1, 0.15) is 0 Å². The van der Waals surface area contributed by atoms with Gasteiger partial charge in [-0.25, -0.2) is 0 Å². The second-order valence-corrected chi connectivity index (χ2v) is 5.86. The minimum Gasteiger partial charge on any atom is -0.380 e. The highest BCUT2D eigenvalue weighted by molar-refractivity contribution is 5.99. The van der Waals surface area contributed by atoms with Crippen molar-refractivity contribution in [2.45, 2.75) is 19.9 Å². The third-order valence-electron chi connectivity index (χ3n) is 4.04. The van der Waals surface area contributed by atoms with Crippen molar-refractivity contribution in [1.29, 1.82) is 0 Å². The Hall–Kier alpha value is -2.81. The van der Waals surface area contributed by atoms with Crippen molar-refractivity contribution >= 4 is 17.2 Å². The number of carbonyl (C=O) groups excluding carboxylic acids is 1. The van der Waals surface area contributed by atoms with Gasteiger partial charge in [-0.2, -0.15) is 0 Å².